The third-order valence-electron chi connectivity index (χ3n) is 1.54. The van der Waals surface area contributed by atoms with Crippen molar-refractivity contribution in [3.8, 4) is 0 Å². The molecule has 5 nitrogen and oxygen atoms in total. The number of hydrogen-bond acceptors (Lipinski definition) is 3. The predicted octanol–water partition coefficient (Wildman–Crippen LogP) is 1.85. The number of aliphatic carboxylic acids is 1. The highest BCUT2D eigenvalue weighted by atomic mass is 79.9. The first-order valence-corrected chi connectivity index (χ1v) is 5.27. The van der Waals surface area contributed by atoms with Gasteiger partial charge in [0.2, 0.25) is 0 Å². The Labute approximate surface area is 104 Å². The highest BCUT2D eigenvalue weighted by Gasteiger charge is 2.08. The summed E-state index contributed by atoms with van der Waals surface area (Å²) in [5, 5.41) is 8.65. The second kappa shape index (κ2) is 5.83. The maximum absolute atomic E-state index is 11.4. The van der Waals surface area contributed by atoms with Gasteiger partial charge in [-0.2, -0.15) is 0 Å². The van der Waals surface area contributed by atoms with Crippen molar-refractivity contribution >= 4 is 39.4 Å². The van der Waals surface area contributed by atoms with Crippen LogP contribution in [0.1, 0.15) is 10.4 Å². The molecule has 0 unspecified atom stereocenters. The topological polar surface area (TPSA) is 75.6 Å². The van der Waals surface area contributed by atoms with Crippen LogP contribution in [-0.2, 0) is 9.63 Å². The van der Waals surface area contributed by atoms with Crippen LogP contribution in [0.2, 0.25) is 5.02 Å². The highest BCUT2D eigenvalue weighted by Crippen LogP contribution is 2.22. The number of hydroxylamine groups is 1. The van der Waals surface area contributed by atoms with Crippen molar-refractivity contribution in [3.63, 3.8) is 0 Å². The van der Waals surface area contributed by atoms with Crippen molar-refractivity contribution in [2.75, 3.05) is 6.61 Å². The van der Waals surface area contributed by atoms with Crippen LogP contribution in [0.5, 0.6) is 0 Å². The number of carbonyl (C=O) groups is 2. The van der Waals surface area contributed by atoms with Crippen LogP contribution in [0.4, 0.5) is 0 Å². The van der Waals surface area contributed by atoms with E-state index in [1.807, 2.05) is 5.48 Å². The van der Waals surface area contributed by atoms with Crippen LogP contribution >= 0.6 is 27.5 Å². The molecule has 0 aromatic heterocycles. The minimum atomic E-state index is -1.17. The van der Waals surface area contributed by atoms with Crippen LogP contribution in [0, 0.1) is 0 Å². The minimum Gasteiger partial charge on any atom is -0.479 e. The van der Waals surface area contributed by atoms with E-state index < -0.39 is 18.5 Å². The molecule has 0 aliphatic heterocycles. The Balaban J connectivity index is 2.59. The fourth-order valence-corrected chi connectivity index (χ4v) is 1.29. The second-order valence-electron chi connectivity index (χ2n) is 2.74. The monoisotopic (exact) mass is 307 g/mol. The lowest BCUT2D eigenvalue weighted by Gasteiger charge is -2.04. The third-order valence-corrected chi connectivity index (χ3v) is 2.77. The van der Waals surface area contributed by atoms with E-state index in [0.29, 0.717) is 9.50 Å². The number of carbonyl (C=O) groups excluding carboxylic acids is 1. The lowest BCUT2D eigenvalue weighted by atomic mass is 10.2. The van der Waals surface area contributed by atoms with Crippen molar-refractivity contribution in [1.29, 1.82) is 0 Å². The van der Waals surface area contributed by atoms with E-state index in [2.05, 4.69) is 20.8 Å². The first-order chi connectivity index (χ1) is 7.50. The molecule has 0 atom stereocenters. The van der Waals surface area contributed by atoms with Gasteiger partial charge in [-0.3, -0.25) is 9.63 Å². The molecule has 1 rings (SSSR count). The van der Waals surface area contributed by atoms with Gasteiger partial charge in [-0.25, -0.2) is 10.3 Å². The minimum absolute atomic E-state index is 0.276. The van der Waals surface area contributed by atoms with E-state index in [1.54, 1.807) is 6.07 Å². The average Bonchev–Trinajstić information content (AvgIpc) is 2.21. The third kappa shape index (κ3) is 3.80. The van der Waals surface area contributed by atoms with E-state index in [9.17, 15) is 9.59 Å². The quantitative estimate of drug-likeness (QED) is 0.832. The summed E-state index contributed by atoms with van der Waals surface area (Å²) < 4.78 is 0.664. The Morgan fingerprint density at radius 3 is 2.75 bits per heavy atom. The number of hydrogen-bond donors (Lipinski definition) is 2. The molecule has 0 bridgehead atoms. The van der Waals surface area contributed by atoms with Crippen molar-refractivity contribution in [2.24, 2.45) is 0 Å². The van der Waals surface area contributed by atoms with E-state index in [4.69, 9.17) is 16.7 Å². The molecule has 16 heavy (non-hydrogen) atoms. The number of carboxylic acid groups (broad SMARTS) is 1. The molecule has 0 spiro atoms. The SMILES string of the molecule is O=C(O)CONC(=O)c1ccc(Br)c(Cl)c1. The second-order valence-corrected chi connectivity index (χ2v) is 4.00. The Bertz CT molecular complexity index is 424. The summed E-state index contributed by atoms with van der Waals surface area (Å²) in [7, 11) is 0. The number of amides is 1. The fraction of sp³-hybridized carbons (Fsp3) is 0.111. The number of nitrogens with one attached hydrogen (secondary N) is 1. The van der Waals surface area contributed by atoms with E-state index >= 15 is 0 Å². The van der Waals surface area contributed by atoms with Gasteiger partial charge in [0, 0.05) is 10.0 Å². The van der Waals surface area contributed by atoms with Crippen molar-refractivity contribution < 1.29 is 19.5 Å². The molecule has 0 saturated carbocycles. The van der Waals surface area contributed by atoms with Gasteiger partial charge in [0.05, 0.1) is 5.02 Å². The fourth-order valence-electron chi connectivity index (χ4n) is 0.860. The van der Waals surface area contributed by atoms with E-state index in [0.717, 1.165) is 0 Å². The van der Waals surface area contributed by atoms with Crippen LogP contribution in [0.3, 0.4) is 0 Å². The Morgan fingerprint density at radius 2 is 2.19 bits per heavy atom. The van der Waals surface area contributed by atoms with Gasteiger partial charge in [-0.1, -0.05) is 11.6 Å². The predicted molar refractivity (Wildman–Crippen MR) is 60.2 cm³/mol. The van der Waals surface area contributed by atoms with Gasteiger partial charge in [0.15, 0.2) is 6.61 Å². The highest BCUT2D eigenvalue weighted by molar-refractivity contribution is 9.10. The zero-order valence-electron chi connectivity index (χ0n) is 7.87. The summed E-state index contributed by atoms with van der Waals surface area (Å²) in [6.07, 6.45) is 0. The molecule has 0 aliphatic carbocycles. The lowest BCUT2D eigenvalue weighted by molar-refractivity contribution is -0.144. The molecule has 1 aromatic rings. The first-order valence-electron chi connectivity index (χ1n) is 4.09. The first kappa shape index (κ1) is 13.0. The standard InChI is InChI=1S/C9H7BrClNO4/c10-6-2-1-5(3-7(6)11)9(15)12-16-4-8(13)14/h1-3H,4H2,(H,12,15)(H,13,14). The smallest absolute Gasteiger partial charge is 0.332 e. The number of halogens is 2. The molecule has 0 aliphatic rings. The summed E-state index contributed by atoms with van der Waals surface area (Å²) >= 11 is 8.96. The zero-order valence-corrected chi connectivity index (χ0v) is 10.2. The molecular weight excluding hydrogens is 301 g/mol. The van der Waals surface area contributed by atoms with Crippen molar-refractivity contribution in [1.82, 2.24) is 5.48 Å². The van der Waals surface area contributed by atoms with E-state index in [-0.39, 0.29) is 5.56 Å². The normalized spacial score (nSPS) is 9.88. The van der Waals surface area contributed by atoms with Gasteiger partial charge in [-0.05, 0) is 34.1 Å². The molecule has 0 heterocycles. The van der Waals surface area contributed by atoms with E-state index in [1.165, 1.54) is 12.1 Å². The summed E-state index contributed by atoms with van der Waals surface area (Å²) in [5.41, 5.74) is 2.26. The van der Waals surface area contributed by atoms with Crippen LogP contribution in [-0.4, -0.2) is 23.6 Å². The maximum atomic E-state index is 11.4. The molecule has 86 valence electrons. The number of benzene rings is 1. The lowest BCUT2D eigenvalue weighted by Crippen LogP contribution is -2.26. The average molecular weight is 309 g/mol. The Hall–Kier alpha value is -1.11. The molecular formula is C9H7BrClNO4. The summed E-state index contributed by atoms with van der Waals surface area (Å²) in [6.45, 7) is -0.601. The van der Waals surface area contributed by atoms with Gasteiger partial charge in [-0.15, -0.1) is 0 Å². The van der Waals surface area contributed by atoms with Gasteiger partial charge >= 0.3 is 5.97 Å². The van der Waals surface area contributed by atoms with Crippen molar-refractivity contribution in [3.05, 3.63) is 33.3 Å². The molecule has 1 amide bonds. The number of carboxylic acids is 1. The molecule has 0 fully saturated rings. The molecule has 7 heteroatoms. The molecule has 1 aromatic carbocycles. The Kier molecular flexibility index (Phi) is 4.72. The van der Waals surface area contributed by atoms with Gasteiger partial charge in [0.25, 0.3) is 5.91 Å². The zero-order chi connectivity index (χ0) is 12.1. The Morgan fingerprint density at radius 1 is 1.50 bits per heavy atom. The summed E-state index contributed by atoms with van der Waals surface area (Å²) in [4.78, 5) is 25.9. The van der Waals surface area contributed by atoms with Crippen molar-refractivity contribution in [2.45, 2.75) is 0 Å². The maximum Gasteiger partial charge on any atom is 0.332 e. The number of rotatable bonds is 4. The van der Waals surface area contributed by atoms with Crippen LogP contribution < -0.4 is 5.48 Å². The molecule has 0 radical (unpaired) electrons. The van der Waals surface area contributed by atoms with Gasteiger partial charge in [0.1, 0.15) is 0 Å². The summed E-state index contributed by atoms with van der Waals surface area (Å²) in [5.74, 6) is -1.73. The molecule has 0 saturated heterocycles. The van der Waals surface area contributed by atoms with Crippen LogP contribution in [0.25, 0.3) is 0 Å². The largest absolute Gasteiger partial charge is 0.479 e. The molecule has 2 N–H and O–H groups in total. The van der Waals surface area contributed by atoms with Gasteiger partial charge < -0.3 is 5.11 Å². The van der Waals surface area contributed by atoms with Crippen LogP contribution in [0.15, 0.2) is 22.7 Å². The summed E-state index contributed by atoms with van der Waals surface area (Å²) in [6, 6.07) is 4.56.